The van der Waals surface area contributed by atoms with Crippen LogP contribution in [0.5, 0.6) is 0 Å². The van der Waals surface area contributed by atoms with E-state index in [0.29, 0.717) is 5.92 Å². The molecule has 1 fully saturated rings. The highest BCUT2D eigenvalue weighted by atomic mass is 19.1. The zero-order valence-electron chi connectivity index (χ0n) is 10.5. The third-order valence-electron chi connectivity index (χ3n) is 3.81. The van der Waals surface area contributed by atoms with E-state index in [4.69, 9.17) is 5.84 Å². The van der Waals surface area contributed by atoms with Crippen LogP contribution in [0.1, 0.15) is 43.4 Å². The van der Waals surface area contributed by atoms with Crippen molar-refractivity contribution in [2.24, 2.45) is 17.7 Å². The lowest BCUT2D eigenvalue weighted by atomic mass is 9.90. The van der Waals surface area contributed by atoms with Crippen molar-refractivity contribution in [2.75, 3.05) is 0 Å². The zero-order chi connectivity index (χ0) is 12.4. The van der Waals surface area contributed by atoms with Crippen LogP contribution in [0.2, 0.25) is 0 Å². The molecular weight excluding hydrogens is 215 g/mol. The molecule has 3 unspecified atom stereocenters. The summed E-state index contributed by atoms with van der Waals surface area (Å²) in [4.78, 5) is 0. The molecule has 3 atom stereocenters. The first-order chi connectivity index (χ1) is 8.10. The van der Waals surface area contributed by atoms with Crippen LogP contribution in [0.25, 0.3) is 0 Å². The van der Waals surface area contributed by atoms with Gasteiger partial charge in [-0.15, -0.1) is 0 Å². The first-order valence-electron chi connectivity index (χ1n) is 6.33. The number of halogens is 1. The monoisotopic (exact) mass is 236 g/mol. The molecule has 0 saturated heterocycles. The van der Waals surface area contributed by atoms with Gasteiger partial charge in [-0.3, -0.25) is 11.3 Å². The van der Waals surface area contributed by atoms with E-state index in [1.807, 2.05) is 13.0 Å². The topological polar surface area (TPSA) is 38.0 Å². The van der Waals surface area contributed by atoms with Crippen LogP contribution in [0, 0.1) is 24.6 Å². The highest BCUT2D eigenvalue weighted by Gasteiger charge is 2.29. The molecule has 1 aliphatic carbocycles. The van der Waals surface area contributed by atoms with Gasteiger partial charge in [0.05, 0.1) is 0 Å². The SMILES string of the molecule is Cc1cc(F)cc(C(NN)C2CCC(C)C2)c1. The molecular formula is C14H21FN2. The molecule has 0 radical (unpaired) electrons. The molecule has 0 spiro atoms. The molecule has 1 aliphatic rings. The summed E-state index contributed by atoms with van der Waals surface area (Å²) in [6, 6.07) is 5.25. The minimum absolute atomic E-state index is 0.0781. The van der Waals surface area contributed by atoms with Crippen molar-refractivity contribution in [2.45, 2.75) is 39.2 Å². The fraction of sp³-hybridized carbons (Fsp3) is 0.571. The first-order valence-corrected chi connectivity index (χ1v) is 6.33. The molecule has 0 bridgehead atoms. The van der Waals surface area contributed by atoms with E-state index in [9.17, 15) is 4.39 Å². The zero-order valence-corrected chi connectivity index (χ0v) is 10.5. The number of hydrogen-bond donors (Lipinski definition) is 2. The van der Waals surface area contributed by atoms with E-state index in [2.05, 4.69) is 12.3 Å². The third-order valence-corrected chi connectivity index (χ3v) is 3.81. The van der Waals surface area contributed by atoms with Gasteiger partial charge in [0.15, 0.2) is 0 Å². The van der Waals surface area contributed by atoms with Crippen molar-refractivity contribution in [3.05, 3.63) is 35.1 Å². The number of nitrogens with one attached hydrogen (secondary N) is 1. The first kappa shape index (κ1) is 12.5. The van der Waals surface area contributed by atoms with E-state index < -0.39 is 0 Å². The van der Waals surface area contributed by atoms with E-state index in [1.165, 1.54) is 19.3 Å². The Morgan fingerprint density at radius 1 is 1.35 bits per heavy atom. The minimum Gasteiger partial charge on any atom is -0.271 e. The van der Waals surface area contributed by atoms with Crippen LogP contribution < -0.4 is 11.3 Å². The van der Waals surface area contributed by atoms with Gasteiger partial charge in [0.2, 0.25) is 0 Å². The van der Waals surface area contributed by atoms with Gasteiger partial charge < -0.3 is 0 Å². The number of rotatable bonds is 3. The van der Waals surface area contributed by atoms with Crippen molar-refractivity contribution in [3.63, 3.8) is 0 Å². The number of benzene rings is 1. The Morgan fingerprint density at radius 2 is 2.12 bits per heavy atom. The predicted octanol–water partition coefficient (Wildman–Crippen LogP) is 3.07. The second-order valence-electron chi connectivity index (χ2n) is 5.38. The molecule has 2 nitrogen and oxygen atoms in total. The van der Waals surface area contributed by atoms with Crippen molar-refractivity contribution >= 4 is 0 Å². The maximum atomic E-state index is 13.4. The molecule has 3 heteroatoms. The van der Waals surface area contributed by atoms with Crippen molar-refractivity contribution in [3.8, 4) is 0 Å². The van der Waals surface area contributed by atoms with Crippen LogP contribution in [-0.2, 0) is 0 Å². The molecule has 0 heterocycles. The molecule has 1 saturated carbocycles. The molecule has 1 aromatic carbocycles. The number of hydrazine groups is 1. The number of aryl methyl sites for hydroxylation is 1. The Morgan fingerprint density at radius 3 is 2.65 bits per heavy atom. The normalized spacial score (nSPS) is 26.1. The average Bonchev–Trinajstić information content (AvgIpc) is 2.64. The second-order valence-corrected chi connectivity index (χ2v) is 5.38. The van der Waals surface area contributed by atoms with Gasteiger partial charge in [0, 0.05) is 6.04 Å². The quantitative estimate of drug-likeness (QED) is 0.625. The lowest BCUT2D eigenvalue weighted by Gasteiger charge is -2.23. The summed E-state index contributed by atoms with van der Waals surface area (Å²) < 4.78 is 13.4. The van der Waals surface area contributed by atoms with Crippen molar-refractivity contribution in [1.29, 1.82) is 0 Å². The van der Waals surface area contributed by atoms with Gasteiger partial charge >= 0.3 is 0 Å². The molecule has 1 aromatic rings. The number of nitrogens with two attached hydrogens (primary N) is 1. The highest BCUT2D eigenvalue weighted by Crippen LogP contribution is 2.38. The lowest BCUT2D eigenvalue weighted by Crippen LogP contribution is -2.33. The summed E-state index contributed by atoms with van der Waals surface area (Å²) in [7, 11) is 0. The molecule has 17 heavy (non-hydrogen) atoms. The van der Waals surface area contributed by atoms with Crippen molar-refractivity contribution in [1.82, 2.24) is 5.43 Å². The Balaban J connectivity index is 2.22. The summed E-state index contributed by atoms with van der Waals surface area (Å²) >= 11 is 0. The van der Waals surface area contributed by atoms with E-state index in [-0.39, 0.29) is 11.9 Å². The molecule has 2 rings (SSSR count). The fourth-order valence-electron chi connectivity index (χ4n) is 3.00. The van der Waals surface area contributed by atoms with Crippen LogP contribution in [0.15, 0.2) is 18.2 Å². The van der Waals surface area contributed by atoms with Crippen LogP contribution in [-0.4, -0.2) is 0 Å². The molecule has 94 valence electrons. The summed E-state index contributed by atoms with van der Waals surface area (Å²) in [5.74, 6) is 6.76. The second kappa shape index (κ2) is 5.15. The smallest absolute Gasteiger partial charge is 0.123 e. The molecule has 0 aromatic heterocycles. The van der Waals surface area contributed by atoms with E-state index in [1.54, 1.807) is 12.1 Å². The Kier molecular flexibility index (Phi) is 3.79. The van der Waals surface area contributed by atoms with Gasteiger partial charge in [-0.1, -0.05) is 19.4 Å². The summed E-state index contributed by atoms with van der Waals surface area (Å²) in [5.41, 5.74) is 4.79. The summed E-state index contributed by atoms with van der Waals surface area (Å²) in [5, 5.41) is 0. The van der Waals surface area contributed by atoms with Crippen LogP contribution in [0.3, 0.4) is 0 Å². The Bertz CT molecular complexity index is 372. The molecule has 0 amide bonds. The van der Waals surface area contributed by atoms with E-state index in [0.717, 1.165) is 17.0 Å². The van der Waals surface area contributed by atoms with Gasteiger partial charge in [-0.25, -0.2) is 4.39 Å². The maximum Gasteiger partial charge on any atom is 0.123 e. The van der Waals surface area contributed by atoms with Gasteiger partial charge in [-0.2, -0.15) is 0 Å². The summed E-state index contributed by atoms with van der Waals surface area (Å²) in [6.07, 6.45) is 3.59. The van der Waals surface area contributed by atoms with Gasteiger partial charge in [0.25, 0.3) is 0 Å². The number of hydrogen-bond acceptors (Lipinski definition) is 2. The average molecular weight is 236 g/mol. The largest absolute Gasteiger partial charge is 0.271 e. The van der Waals surface area contributed by atoms with Crippen LogP contribution >= 0.6 is 0 Å². The minimum atomic E-state index is -0.175. The van der Waals surface area contributed by atoms with Crippen LogP contribution in [0.4, 0.5) is 4.39 Å². The van der Waals surface area contributed by atoms with Gasteiger partial charge in [-0.05, 0) is 54.9 Å². The van der Waals surface area contributed by atoms with E-state index >= 15 is 0 Å². The summed E-state index contributed by atoms with van der Waals surface area (Å²) in [6.45, 7) is 4.18. The van der Waals surface area contributed by atoms with Gasteiger partial charge in [0.1, 0.15) is 5.82 Å². The molecule has 0 aliphatic heterocycles. The maximum absolute atomic E-state index is 13.4. The predicted molar refractivity (Wildman–Crippen MR) is 67.7 cm³/mol. The standard InChI is InChI=1S/C14H21FN2/c1-9-3-4-11(5-9)14(17-16)12-6-10(2)7-13(15)8-12/h6-9,11,14,17H,3-5,16H2,1-2H3. The Labute approximate surface area is 102 Å². The Hall–Kier alpha value is -0.930. The fourth-order valence-corrected chi connectivity index (χ4v) is 3.00. The molecule has 3 N–H and O–H groups in total. The lowest BCUT2D eigenvalue weighted by molar-refractivity contribution is 0.363. The highest BCUT2D eigenvalue weighted by molar-refractivity contribution is 5.27. The van der Waals surface area contributed by atoms with Crippen molar-refractivity contribution < 1.29 is 4.39 Å². The third kappa shape index (κ3) is 2.85.